The monoisotopic (exact) mass is 907 g/mol. The second-order valence-electron chi connectivity index (χ2n) is 15.2. The van der Waals surface area contributed by atoms with E-state index in [9.17, 15) is 18.7 Å². The molecule has 0 bridgehead atoms. The van der Waals surface area contributed by atoms with Crippen LogP contribution in [0.5, 0.6) is 0 Å². The molecule has 3 atom stereocenters. The Morgan fingerprint density at radius 3 is 1.92 bits per heavy atom. The number of carbonyl (C=O) groups excluding carboxylic acids is 2. The summed E-state index contributed by atoms with van der Waals surface area (Å²) in [6.45, 7) is 7.51. The summed E-state index contributed by atoms with van der Waals surface area (Å²) in [4.78, 5) is 27.0. The Labute approximate surface area is 368 Å². The lowest BCUT2D eigenvalue weighted by atomic mass is 9.74. The zero-order valence-corrected chi connectivity index (χ0v) is 37.5. The highest BCUT2D eigenvalue weighted by Gasteiger charge is 2.36. The zero-order chi connectivity index (χ0) is 43.6. The van der Waals surface area contributed by atoms with Crippen LogP contribution in [0.2, 0.25) is 0 Å². The molecule has 0 aromatic heterocycles. The van der Waals surface area contributed by atoms with Crippen LogP contribution in [0.1, 0.15) is 56.4 Å². The van der Waals surface area contributed by atoms with Gasteiger partial charge in [-0.05, 0) is 93.8 Å². The minimum absolute atomic E-state index is 0.109. The third-order valence-electron chi connectivity index (χ3n) is 10.3. The number of benzene rings is 1. The molecule has 2 aliphatic rings. The maximum absolute atomic E-state index is 12.3. The molecule has 344 valence electrons. The zero-order valence-electron chi connectivity index (χ0n) is 35.2. The molecule has 1 saturated heterocycles. The Bertz CT molecular complexity index is 1480. The van der Waals surface area contributed by atoms with E-state index >= 15 is 0 Å². The van der Waals surface area contributed by atoms with Crippen molar-refractivity contribution in [2.45, 2.75) is 61.3 Å². The predicted molar refractivity (Wildman–Crippen MR) is 240 cm³/mol. The fraction of sp³-hybridized carbons (Fsp3) is 0.700. The highest BCUT2D eigenvalue weighted by Crippen LogP contribution is 2.48. The number of piperidine rings is 1. The molecule has 1 aromatic rings. The number of likely N-dealkylation sites (tertiary alicyclic amines) is 1. The molecule has 20 heteroatoms. The fourth-order valence-corrected chi connectivity index (χ4v) is 9.00. The summed E-state index contributed by atoms with van der Waals surface area (Å²) in [6, 6.07) is 6.90. The summed E-state index contributed by atoms with van der Waals surface area (Å²) in [5.41, 5.74) is 19.6. The third-order valence-corrected chi connectivity index (χ3v) is 12.4. The van der Waals surface area contributed by atoms with Gasteiger partial charge < -0.3 is 62.3 Å². The van der Waals surface area contributed by atoms with Gasteiger partial charge in [0.05, 0.1) is 57.8 Å². The Kier molecular flexibility index (Phi) is 25.3. The molecule has 17 nitrogen and oxygen atoms in total. The summed E-state index contributed by atoms with van der Waals surface area (Å²) in [6.07, 6.45) is 6.93. The number of ether oxygens (including phenoxy) is 4. The van der Waals surface area contributed by atoms with E-state index in [4.69, 9.17) is 59.4 Å². The summed E-state index contributed by atoms with van der Waals surface area (Å²) in [7, 11) is -1.20. The topological polar surface area (TPSA) is 253 Å². The molecule has 1 aliphatic heterocycles. The van der Waals surface area contributed by atoms with E-state index in [0.29, 0.717) is 128 Å². The second-order valence-corrected chi connectivity index (χ2v) is 17.9. The first-order valence-electron chi connectivity index (χ1n) is 21.0. The first-order chi connectivity index (χ1) is 28.9. The van der Waals surface area contributed by atoms with Gasteiger partial charge in [-0.2, -0.15) is 0 Å². The van der Waals surface area contributed by atoms with Crippen LogP contribution in [0, 0.1) is 5.92 Å². The number of amides is 4. The number of nitrogens with two attached hydrogens (primary N) is 3. The van der Waals surface area contributed by atoms with Crippen molar-refractivity contribution in [1.82, 2.24) is 30.9 Å². The summed E-state index contributed by atoms with van der Waals surface area (Å²) >= 11 is 13.0. The van der Waals surface area contributed by atoms with Gasteiger partial charge in [0, 0.05) is 73.9 Å². The van der Waals surface area contributed by atoms with Crippen molar-refractivity contribution in [2.75, 3.05) is 119 Å². The highest BCUT2D eigenvalue weighted by atomic mass is 35.5. The number of carbonyl (C=O) groups is 2. The Morgan fingerprint density at radius 1 is 0.783 bits per heavy atom. The maximum atomic E-state index is 12.3. The number of nitrogens with one attached hydrogen (secondary N) is 5. The molecule has 1 aromatic carbocycles. The van der Waals surface area contributed by atoms with Gasteiger partial charge >= 0.3 is 12.1 Å². The normalized spacial score (nSPS) is 18.4. The molecule has 60 heavy (non-hydrogen) atoms. The van der Waals surface area contributed by atoms with Crippen LogP contribution in [0.15, 0.2) is 50.9 Å². The van der Waals surface area contributed by atoms with Crippen molar-refractivity contribution in [3.63, 3.8) is 0 Å². The molecule has 0 radical (unpaired) electrons. The number of hydrogen-bond donors (Lipinski definition) is 10. The summed E-state index contributed by atoms with van der Waals surface area (Å²) in [5, 5.41) is 12.7. The quantitative estimate of drug-likeness (QED) is 0.0479. The SMILES string of the molecule is CN1CC2=C(Cl)C=C(Cl)CC2C(c2cccc(S(O)(O)NCCOCCOCCNC(=O)NCCCC(N)(CCCN)CCCNC(=O)NCCOCCOCCN)c2)C1. The second kappa shape index (κ2) is 29.2. The number of hydrogen-bond acceptors (Lipinski definition) is 13. The van der Waals surface area contributed by atoms with Gasteiger partial charge in [-0.25, -0.2) is 14.3 Å². The van der Waals surface area contributed by atoms with Crippen LogP contribution in [-0.2, 0) is 18.9 Å². The van der Waals surface area contributed by atoms with E-state index in [1.54, 1.807) is 6.07 Å². The van der Waals surface area contributed by atoms with Gasteiger partial charge in [0.1, 0.15) is 0 Å². The van der Waals surface area contributed by atoms with Crippen LogP contribution in [0.4, 0.5) is 9.59 Å². The lowest BCUT2D eigenvalue weighted by Crippen LogP contribution is -2.43. The maximum Gasteiger partial charge on any atom is 0.314 e. The average Bonchev–Trinajstić information content (AvgIpc) is 3.22. The number of urea groups is 2. The van der Waals surface area contributed by atoms with Crippen LogP contribution >= 0.6 is 34.0 Å². The Hall–Kier alpha value is -2.27. The first-order valence-corrected chi connectivity index (χ1v) is 23.3. The van der Waals surface area contributed by atoms with Crippen molar-refractivity contribution in [1.29, 1.82) is 0 Å². The lowest BCUT2D eigenvalue weighted by Gasteiger charge is -2.41. The smallest absolute Gasteiger partial charge is 0.314 e. The molecule has 1 heterocycles. The minimum Gasteiger partial charge on any atom is -0.378 e. The van der Waals surface area contributed by atoms with E-state index in [1.165, 1.54) is 0 Å². The van der Waals surface area contributed by atoms with Crippen molar-refractivity contribution in [2.24, 2.45) is 23.1 Å². The standard InChI is InChI=1S/C40H71Cl2N9O8S/c1-51-29-35(34-27-32(41)28-37(42)36(34)30-51)31-6-2-7-33(26-31)60(54,55)50-17-21-59-25-24-58-20-16-49-39(53)47-14-5-10-40(45,8-3-11-43)9-4-13-46-38(52)48-15-19-57-23-22-56-18-12-44/h2,6-7,26,28,34-35,50,54-55H,3-5,8-25,27,29-30,43-45H2,1H3,(H2,46,48,52)(H2,47,49,53). The summed E-state index contributed by atoms with van der Waals surface area (Å²) in [5.74, 6) is 0.267. The number of nitrogens with zero attached hydrogens (tertiary/aromatic N) is 1. The number of halogens is 2. The number of likely N-dealkylation sites (N-methyl/N-ethyl adjacent to an activating group) is 1. The van der Waals surface area contributed by atoms with Gasteiger partial charge in [0.15, 0.2) is 0 Å². The van der Waals surface area contributed by atoms with Crippen molar-refractivity contribution >= 4 is 46.0 Å². The van der Waals surface area contributed by atoms with Crippen LogP contribution in [0.3, 0.4) is 0 Å². The van der Waals surface area contributed by atoms with Gasteiger partial charge in [-0.1, -0.05) is 35.3 Å². The third kappa shape index (κ3) is 20.3. The molecule has 4 amide bonds. The summed E-state index contributed by atoms with van der Waals surface area (Å²) < 4.78 is 46.6. The van der Waals surface area contributed by atoms with Gasteiger partial charge in [-0.15, -0.1) is 10.8 Å². The molecule has 13 N–H and O–H groups in total. The Morgan fingerprint density at radius 2 is 1.33 bits per heavy atom. The fourth-order valence-electron chi connectivity index (χ4n) is 7.23. The van der Waals surface area contributed by atoms with E-state index in [0.717, 1.165) is 42.1 Å². The van der Waals surface area contributed by atoms with Crippen molar-refractivity contribution < 1.29 is 37.6 Å². The molecule has 3 unspecified atom stereocenters. The van der Waals surface area contributed by atoms with Gasteiger partial charge in [0.25, 0.3) is 0 Å². The average molecular weight is 909 g/mol. The van der Waals surface area contributed by atoms with E-state index < -0.39 is 16.3 Å². The van der Waals surface area contributed by atoms with Gasteiger partial charge in [0.2, 0.25) is 0 Å². The minimum atomic E-state index is -3.26. The van der Waals surface area contributed by atoms with E-state index in [2.05, 4.69) is 37.9 Å². The Balaban J connectivity index is 1.21. The van der Waals surface area contributed by atoms with Crippen LogP contribution < -0.4 is 43.2 Å². The first kappa shape index (κ1) is 52.1. The molecule has 1 fully saturated rings. The lowest BCUT2D eigenvalue weighted by molar-refractivity contribution is 0.0515. The predicted octanol–water partition coefficient (Wildman–Crippen LogP) is 3.59. The number of allylic oxidation sites excluding steroid dienone is 3. The molecule has 0 saturated carbocycles. The van der Waals surface area contributed by atoms with Gasteiger partial charge in [-0.3, -0.25) is 9.11 Å². The molecule has 1 aliphatic carbocycles. The largest absolute Gasteiger partial charge is 0.378 e. The molecule has 3 rings (SSSR count). The van der Waals surface area contributed by atoms with Crippen molar-refractivity contribution in [3.8, 4) is 0 Å². The van der Waals surface area contributed by atoms with Crippen LogP contribution in [0.25, 0.3) is 0 Å². The van der Waals surface area contributed by atoms with E-state index in [1.807, 2.05) is 24.3 Å². The molecular weight excluding hydrogens is 837 g/mol. The van der Waals surface area contributed by atoms with Crippen LogP contribution in [-0.4, -0.2) is 150 Å². The highest BCUT2D eigenvalue weighted by molar-refractivity contribution is 8.22. The van der Waals surface area contributed by atoms with E-state index in [-0.39, 0.29) is 37.0 Å². The molecular formula is C40H71Cl2N9O8S. The van der Waals surface area contributed by atoms with Crippen molar-refractivity contribution in [3.05, 3.63) is 51.5 Å². The molecule has 0 spiro atoms. The number of fused-ring (bicyclic) bond motifs is 1. The number of rotatable bonds is 31.